The topological polar surface area (TPSA) is 97.2 Å². The fourth-order valence-corrected chi connectivity index (χ4v) is 1.89. The third-order valence-corrected chi connectivity index (χ3v) is 2.84. The molecule has 2 aromatic rings. The average molecular weight is 309 g/mol. The van der Waals surface area contributed by atoms with Gasteiger partial charge in [-0.3, -0.25) is 4.79 Å². The Hall–Kier alpha value is -2.41. The number of hydrogen-bond donors (Lipinski definition) is 2. The smallest absolute Gasteiger partial charge is 0.322 e. The van der Waals surface area contributed by atoms with Gasteiger partial charge in [-0.2, -0.15) is 15.0 Å². The van der Waals surface area contributed by atoms with Gasteiger partial charge in [0.2, 0.25) is 11.2 Å². The van der Waals surface area contributed by atoms with Crippen LogP contribution in [0.25, 0.3) is 0 Å². The number of carboxylic acid groups (broad SMARTS) is 1. The van der Waals surface area contributed by atoms with E-state index in [2.05, 4.69) is 20.3 Å². The molecule has 0 unspecified atom stereocenters. The summed E-state index contributed by atoms with van der Waals surface area (Å²) in [6, 6.07) is 7.35. The Labute approximate surface area is 126 Å². The van der Waals surface area contributed by atoms with E-state index in [0.717, 1.165) is 11.1 Å². The molecule has 21 heavy (non-hydrogen) atoms. The Balaban J connectivity index is 2.13. The zero-order valence-electron chi connectivity index (χ0n) is 11.2. The van der Waals surface area contributed by atoms with Gasteiger partial charge in [0.15, 0.2) is 0 Å². The molecule has 0 amide bonds. The van der Waals surface area contributed by atoms with Crippen LogP contribution in [0, 0.1) is 0 Å². The molecule has 0 aliphatic carbocycles. The number of aliphatic carboxylic acids is 1. The van der Waals surface area contributed by atoms with Crippen molar-refractivity contribution in [3.05, 3.63) is 40.7 Å². The molecule has 1 heterocycles. The Bertz CT molecular complexity index is 651. The number of anilines is 1. The van der Waals surface area contributed by atoms with Gasteiger partial charge in [0.1, 0.15) is 0 Å². The molecule has 7 nitrogen and oxygen atoms in total. The van der Waals surface area contributed by atoms with Crippen LogP contribution in [-0.4, -0.2) is 33.1 Å². The van der Waals surface area contributed by atoms with Gasteiger partial charge in [-0.1, -0.05) is 24.3 Å². The van der Waals surface area contributed by atoms with E-state index in [9.17, 15) is 4.79 Å². The number of carboxylic acids is 1. The van der Waals surface area contributed by atoms with Gasteiger partial charge in [0.25, 0.3) is 0 Å². The van der Waals surface area contributed by atoms with Gasteiger partial charge in [0, 0.05) is 6.54 Å². The van der Waals surface area contributed by atoms with Crippen LogP contribution in [-0.2, 0) is 17.8 Å². The molecule has 0 saturated carbocycles. The highest BCUT2D eigenvalue weighted by Crippen LogP contribution is 2.14. The van der Waals surface area contributed by atoms with Gasteiger partial charge in [-0.15, -0.1) is 0 Å². The minimum Gasteiger partial charge on any atom is -0.481 e. The SMILES string of the molecule is COc1nc(Cl)nc(NCc2ccccc2CC(=O)O)n1. The summed E-state index contributed by atoms with van der Waals surface area (Å²) in [5.74, 6) is -0.621. The molecule has 0 bridgehead atoms. The summed E-state index contributed by atoms with van der Waals surface area (Å²) in [7, 11) is 1.43. The lowest BCUT2D eigenvalue weighted by atomic mass is 10.0. The lowest BCUT2D eigenvalue weighted by Crippen LogP contribution is -2.09. The van der Waals surface area contributed by atoms with Crippen molar-refractivity contribution in [3.63, 3.8) is 0 Å². The zero-order valence-corrected chi connectivity index (χ0v) is 12.0. The summed E-state index contributed by atoms with van der Waals surface area (Å²) in [5, 5.41) is 11.9. The number of benzene rings is 1. The lowest BCUT2D eigenvalue weighted by molar-refractivity contribution is -0.136. The first-order valence-electron chi connectivity index (χ1n) is 6.06. The Kier molecular flexibility index (Phi) is 4.89. The molecule has 1 aromatic carbocycles. The number of carbonyl (C=O) groups is 1. The van der Waals surface area contributed by atoms with Crippen LogP contribution in [0.5, 0.6) is 6.01 Å². The van der Waals surface area contributed by atoms with Crippen molar-refractivity contribution in [3.8, 4) is 6.01 Å². The number of methoxy groups -OCH3 is 1. The number of aromatic nitrogens is 3. The molecule has 0 aliphatic heterocycles. The largest absolute Gasteiger partial charge is 0.481 e. The number of hydrogen-bond acceptors (Lipinski definition) is 6. The van der Waals surface area contributed by atoms with Crippen molar-refractivity contribution in [2.24, 2.45) is 0 Å². The van der Waals surface area contributed by atoms with E-state index in [1.54, 1.807) is 12.1 Å². The first kappa shape index (κ1) is 15.0. The van der Waals surface area contributed by atoms with Crippen LogP contribution in [0.4, 0.5) is 5.95 Å². The first-order valence-corrected chi connectivity index (χ1v) is 6.44. The summed E-state index contributed by atoms with van der Waals surface area (Å²) < 4.78 is 4.90. The normalized spacial score (nSPS) is 10.2. The van der Waals surface area contributed by atoms with Crippen molar-refractivity contribution in [2.45, 2.75) is 13.0 Å². The Morgan fingerprint density at radius 1 is 1.29 bits per heavy atom. The molecule has 2 N–H and O–H groups in total. The van der Waals surface area contributed by atoms with Crippen molar-refractivity contribution >= 4 is 23.5 Å². The minimum absolute atomic E-state index is 0.0168. The molecule has 0 atom stereocenters. The molecular weight excluding hydrogens is 296 g/mol. The van der Waals surface area contributed by atoms with Gasteiger partial charge >= 0.3 is 12.0 Å². The monoisotopic (exact) mass is 308 g/mol. The highest BCUT2D eigenvalue weighted by molar-refractivity contribution is 6.28. The standard InChI is InChI=1S/C13H13ClN4O3/c1-21-13-17-11(14)16-12(18-13)15-7-9-5-3-2-4-8(9)6-10(19)20/h2-5H,6-7H2,1H3,(H,19,20)(H,15,16,17,18). The van der Waals surface area contributed by atoms with Crippen molar-refractivity contribution in [2.75, 3.05) is 12.4 Å². The molecular formula is C13H13ClN4O3. The van der Waals surface area contributed by atoms with Gasteiger partial charge in [-0.05, 0) is 22.7 Å². The van der Waals surface area contributed by atoms with Gasteiger partial charge in [0.05, 0.1) is 13.5 Å². The van der Waals surface area contributed by atoms with E-state index in [1.165, 1.54) is 7.11 Å². The number of nitrogens with zero attached hydrogens (tertiary/aromatic N) is 3. The maximum atomic E-state index is 10.8. The molecule has 1 aromatic heterocycles. The Morgan fingerprint density at radius 3 is 2.67 bits per heavy atom. The van der Waals surface area contributed by atoms with Crippen molar-refractivity contribution < 1.29 is 14.6 Å². The molecule has 0 aliphatic rings. The van der Waals surface area contributed by atoms with Crippen LogP contribution < -0.4 is 10.1 Å². The number of nitrogens with one attached hydrogen (secondary N) is 1. The highest BCUT2D eigenvalue weighted by atomic mass is 35.5. The molecule has 0 saturated heterocycles. The third kappa shape index (κ3) is 4.28. The van der Waals surface area contributed by atoms with E-state index < -0.39 is 5.97 Å². The Morgan fingerprint density at radius 2 is 2.00 bits per heavy atom. The summed E-state index contributed by atoms with van der Waals surface area (Å²) >= 11 is 5.75. The summed E-state index contributed by atoms with van der Waals surface area (Å²) in [4.78, 5) is 22.5. The summed E-state index contributed by atoms with van der Waals surface area (Å²) in [5.41, 5.74) is 1.57. The van der Waals surface area contributed by atoms with Gasteiger partial charge < -0.3 is 15.2 Å². The molecule has 0 radical (unpaired) electrons. The van der Waals surface area contributed by atoms with E-state index >= 15 is 0 Å². The van der Waals surface area contributed by atoms with Gasteiger partial charge in [-0.25, -0.2) is 0 Å². The average Bonchev–Trinajstić information content (AvgIpc) is 2.45. The van der Waals surface area contributed by atoms with Crippen molar-refractivity contribution in [1.29, 1.82) is 0 Å². The molecule has 0 fully saturated rings. The quantitative estimate of drug-likeness (QED) is 0.839. The fraction of sp³-hybridized carbons (Fsp3) is 0.231. The van der Waals surface area contributed by atoms with Crippen LogP contribution >= 0.6 is 11.6 Å². The molecule has 8 heteroatoms. The summed E-state index contributed by atoms with van der Waals surface area (Å²) in [6.07, 6.45) is -0.0425. The van der Waals surface area contributed by atoms with E-state index in [4.69, 9.17) is 21.4 Å². The van der Waals surface area contributed by atoms with E-state index in [-0.39, 0.29) is 23.7 Å². The molecule has 2 rings (SSSR count). The van der Waals surface area contributed by atoms with Crippen LogP contribution in [0.2, 0.25) is 5.28 Å². The molecule has 0 spiro atoms. The number of halogens is 1. The summed E-state index contributed by atoms with van der Waals surface area (Å²) in [6.45, 7) is 0.368. The third-order valence-electron chi connectivity index (χ3n) is 2.67. The van der Waals surface area contributed by atoms with Crippen molar-refractivity contribution in [1.82, 2.24) is 15.0 Å². The second kappa shape index (κ2) is 6.85. The minimum atomic E-state index is -0.882. The predicted octanol–water partition coefficient (Wildman–Crippen LogP) is 1.77. The maximum Gasteiger partial charge on any atom is 0.322 e. The zero-order chi connectivity index (χ0) is 15.2. The highest BCUT2D eigenvalue weighted by Gasteiger charge is 2.08. The van der Waals surface area contributed by atoms with Crippen LogP contribution in [0.3, 0.4) is 0 Å². The molecule has 110 valence electrons. The van der Waals surface area contributed by atoms with Crippen LogP contribution in [0.15, 0.2) is 24.3 Å². The van der Waals surface area contributed by atoms with Crippen LogP contribution in [0.1, 0.15) is 11.1 Å². The maximum absolute atomic E-state index is 10.8. The fourth-order valence-electron chi connectivity index (χ4n) is 1.74. The lowest BCUT2D eigenvalue weighted by Gasteiger charge is -2.09. The number of rotatable bonds is 6. The second-order valence-electron chi connectivity index (χ2n) is 4.11. The van der Waals surface area contributed by atoms with E-state index in [0.29, 0.717) is 6.54 Å². The van der Waals surface area contributed by atoms with E-state index in [1.807, 2.05) is 12.1 Å². The number of ether oxygens (including phenoxy) is 1. The first-order chi connectivity index (χ1) is 10.1. The second-order valence-corrected chi connectivity index (χ2v) is 4.45. The predicted molar refractivity (Wildman–Crippen MR) is 76.5 cm³/mol.